The second-order valence-electron chi connectivity index (χ2n) is 2.68. The molecule has 0 saturated heterocycles. The SMILES string of the molecule is Cc1cn(C)c(=O)c([N+](=O)[O-])c1O. The van der Waals surface area contributed by atoms with Crippen LogP contribution in [0.15, 0.2) is 11.0 Å². The Morgan fingerprint density at radius 1 is 1.62 bits per heavy atom. The van der Waals surface area contributed by atoms with Gasteiger partial charge in [0.05, 0.1) is 4.92 Å². The first-order valence-corrected chi connectivity index (χ1v) is 3.48. The van der Waals surface area contributed by atoms with Gasteiger partial charge in [-0.3, -0.25) is 14.9 Å². The van der Waals surface area contributed by atoms with Gasteiger partial charge in [-0.25, -0.2) is 0 Å². The summed E-state index contributed by atoms with van der Waals surface area (Å²) in [6.07, 6.45) is 1.34. The third-order valence-corrected chi connectivity index (χ3v) is 1.69. The lowest BCUT2D eigenvalue weighted by Gasteiger charge is -2.02. The Morgan fingerprint density at radius 2 is 2.15 bits per heavy atom. The summed E-state index contributed by atoms with van der Waals surface area (Å²) in [5.41, 5.74) is -1.29. The van der Waals surface area contributed by atoms with Crippen LogP contribution >= 0.6 is 0 Å². The summed E-state index contributed by atoms with van der Waals surface area (Å²) in [5, 5.41) is 19.6. The molecule has 0 aliphatic carbocycles. The van der Waals surface area contributed by atoms with Gasteiger partial charge in [-0.15, -0.1) is 0 Å². The molecule has 1 aromatic rings. The fraction of sp³-hybridized carbons (Fsp3) is 0.286. The third kappa shape index (κ3) is 1.37. The molecule has 1 rings (SSSR count). The Kier molecular flexibility index (Phi) is 2.05. The molecule has 70 valence electrons. The quantitative estimate of drug-likeness (QED) is 0.502. The van der Waals surface area contributed by atoms with Crippen molar-refractivity contribution in [2.24, 2.45) is 7.05 Å². The van der Waals surface area contributed by atoms with Gasteiger partial charge in [-0.05, 0) is 6.92 Å². The van der Waals surface area contributed by atoms with Crippen molar-refractivity contribution in [3.63, 3.8) is 0 Å². The molecule has 0 unspecified atom stereocenters. The van der Waals surface area contributed by atoms with E-state index in [0.717, 1.165) is 4.57 Å². The van der Waals surface area contributed by atoms with E-state index in [9.17, 15) is 20.0 Å². The molecular weight excluding hydrogens is 176 g/mol. The second kappa shape index (κ2) is 2.89. The number of aromatic nitrogens is 1. The highest BCUT2D eigenvalue weighted by Gasteiger charge is 2.21. The minimum absolute atomic E-state index is 0.300. The monoisotopic (exact) mass is 184 g/mol. The van der Waals surface area contributed by atoms with Crippen molar-refractivity contribution in [1.29, 1.82) is 0 Å². The van der Waals surface area contributed by atoms with Gasteiger partial charge < -0.3 is 9.67 Å². The van der Waals surface area contributed by atoms with Crippen molar-refractivity contribution in [1.82, 2.24) is 4.57 Å². The maximum Gasteiger partial charge on any atom is 0.375 e. The topological polar surface area (TPSA) is 85.4 Å². The van der Waals surface area contributed by atoms with Gasteiger partial charge in [0.1, 0.15) is 0 Å². The van der Waals surface area contributed by atoms with Gasteiger partial charge in [0.2, 0.25) is 5.75 Å². The van der Waals surface area contributed by atoms with Crippen molar-refractivity contribution in [2.45, 2.75) is 6.92 Å². The summed E-state index contributed by atoms with van der Waals surface area (Å²) in [6.45, 7) is 1.49. The zero-order valence-electron chi connectivity index (χ0n) is 7.14. The van der Waals surface area contributed by atoms with Crippen LogP contribution < -0.4 is 5.56 Å². The lowest BCUT2D eigenvalue weighted by atomic mass is 10.2. The number of rotatable bonds is 1. The number of hydrogen-bond acceptors (Lipinski definition) is 4. The van der Waals surface area contributed by atoms with Crippen molar-refractivity contribution < 1.29 is 10.0 Å². The van der Waals surface area contributed by atoms with Crippen LogP contribution in [0, 0.1) is 17.0 Å². The summed E-state index contributed by atoms with van der Waals surface area (Å²) in [6, 6.07) is 0. The molecule has 1 heterocycles. The van der Waals surface area contributed by atoms with E-state index in [1.54, 1.807) is 0 Å². The first-order chi connectivity index (χ1) is 5.95. The molecule has 0 aliphatic heterocycles. The molecule has 0 fully saturated rings. The molecule has 0 atom stereocenters. The Morgan fingerprint density at radius 3 is 2.62 bits per heavy atom. The van der Waals surface area contributed by atoms with E-state index in [1.165, 1.54) is 20.2 Å². The maximum atomic E-state index is 11.1. The molecule has 0 bridgehead atoms. The van der Waals surface area contributed by atoms with E-state index in [2.05, 4.69) is 0 Å². The number of hydrogen-bond donors (Lipinski definition) is 1. The zero-order chi connectivity index (χ0) is 10.2. The van der Waals surface area contributed by atoms with Gasteiger partial charge in [-0.2, -0.15) is 0 Å². The molecule has 0 saturated carbocycles. The van der Waals surface area contributed by atoms with Crippen molar-refractivity contribution in [3.05, 3.63) is 32.2 Å². The summed E-state index contributed by atoms with van der Waals surface area (Å²) < 4.78 is 1.06. The van der Waals surface area contributed by atoms with Gasteiger partial charge in [0, 0.05) is 18.8 Å². The third-order valence-electron chi connectivity index (χ3n) is 1.69. The molecule has 6 heteroatoms. The number of pyridine rings is 1. The highest BCUT2D eigenvalue weighted by molar-refractivity contribution is 5.47. The standard InChI is InChI=1S/C7H8N2O4/c1-4-3-8(2)7(11)5(6(4)10)9(12)13/h3,10H,1-2H3. The van der Waals surface area contributed by atoms with E-state index < -0.39 is 21.9 Å². The Hall–Kier alpha value is -1.85. The van der Waals surface area contributed by atoms with E-state index in [1.807, 2.05) is 0 Å². The number of aromatic hydroxyl groups is 1. The van der Waals surface area contributed by atoms with Gasteiger partial charge in [0.15, 0.2) is 0 Å². The minimum atomic E-state index is -0.884. The molecule has 0 amide bonds. The number of aryl methyl sites for hydroxylation is 2. The Labute approximate surface area is 73.2 Å². The highest BCUT2D eigenvalue weighted by atomic mass is 16.6. The predicted octanol–water partition coefficient (Wildman–Crippen LogP) is 0.308. The van der Waals surface area contributed by atoms with Crippen molar-refractivity contribution in [2.75, 3.05) is 0 Å². The maximum absolute atomic E-state index is 11.1. The fourth-order valence-corrected chi connectivity index (χ4v) is 1.03. The molecule has 0 spiro atoms. The first-order valence-electron chi connectivity index (χ1n) is 3.48. The average Bonchev–Trinajstić information content (AvgIpc) is 2.01. The molecule has 1 aromatic heterocycles. The van der Waals surface area contributed by atoms with Crippen LogP contribution in [-0.4, -0.2) is 14.6 Å². The van der Waals surface area contributed by atoms with Crippen LogP contribution in [0.25, 0.3) is 0 Å². The van der Waals surface area contributed by atoms with Crippen LogP contribution in [0.4, 0.5) is 5.69 Å². The van der Waals surface area contributed by atoms with Crippen molar-refractivity contribution >= 4 is 5.69 Å². The smallest absolute Gasteiger partial charge is 0.375 e. The van der Waals surface area contributed by atoms with Crippen LogP contribution in [0.1, 0.15) is 5.56 Å². The van der Waals surface area contributed by atoms with E-state index in [-0.39, 0.29) is 0 Å². The molecule has 1 N–H and O–H groups in total. The number of nitrogens with zero attached hydrogens (tertiary/aromatic N) is 2. The summed E-state index contributed by atoms with van der Waals surface area (Å²) >= 11 is 0. The second-order valence-corrected chi connectivity index (χ2v) is 2.68. The van der Waals surface area contributed by atoms with Crippen LogP contribution in [0.5, 0.6) is 5.75 Å². The van der Waals surface area contributed by atoms with Crippen LogP contribution in [0.3, 0.4) is 0 Å². The van der Waals surface area contributed by atoms with Gasteiger partial charge in [0.25, 0.3) is 0 Å². The van der Waals surface area contributed by atoms with Gasteiger partial charge >= 0.3 is 11.2 Å². The average molecular weight is 184 g/mol. The molecular formula is C7H8N2O4. The minimum Gasteiger partial charge on any atom is -0.502 e. The molecule has 6 nitrogen and oxygen atoms in total. The van der Waals surface area contributed by atoms with Gasteiger partial charge in [-0.1, -0.05) is 0 Å². The summed E-state index contributed by atoms with van der Waals surface area (Å²) in [5.74, 6) is -0.562. The Balaban J connectivity index is 3.66. The normalized spacial score (nSPS) is 10.0. The molecule has 0 radical (unpaired) electrons. The predicted molar refractivity (Wildman–Crippen MR) is 44.7 cm³/mol. The molecule has 0 aliphatic rings. The van der Waals surface area contributed by atoms with Crippen LogP contribution in [-0.2, 0) is 7.05 Å². The Bertz CT molecular complexity index is 421. The number of nitro groups is 1. The fourth-order valence-electron chi connectivity index (χ4n) is 1.03. The largest absolute Gasteiger partial charge is 0.502 e. The summed E-state index contributed by atoms with van der Waals surface area (Å²) in [7, 11) is 1.39. The van der Waals surface area contributed by atoms with Crippen molar-refractivity contribution in [3.8, 4) is 5.75 Å². The first kappa shape index (κ1) is 9.24. The van der Waals surface area contributed by atoms with E-state index in [4.69, 9.17) is 0 Å². The van der Waals surface area contributed by atoms with Crippen LogP contribution in [0.2, 0.25) is 0 Å². The zero-order valence-corrected chi connectivity index (χ0v) is 7.14. The molecule has 0 aromatic carbocycles. The lowest BCUT2D eigenvalue weighted by molar-refractivity contribution is -0.387. The van der Waals surface area contributed by atoms with E-state index in [0.29, 0.717) is 5.56 Å². The highest BCUT2D eigenvalue weighted by Crippen LogP contribution is 2.23. The van der Waals surface area contributed by atoms with E-state index >= 15 is 0 Å². The summed E-state index contributed by atoms with van der Waals surface area (Å²) in [4.78, 5) is 20.6. The molecule has 13 heavy (non-hydrogen) atoms. The lowest BCUT2D eigenvalue weighted by Crippen LogP contribution is -2.19.